The topological polar surface area (TPSA) is 95.7 Å². The Balaban J connectivity index is 2.75. The zero-order valence-electron chi connectivity index (χ0n) is 11.6. The fourth-order valence-electron chi connectivity index (χ4n) is 1.67. The van der Waals surface area contributed by atoms with Crippen molar-refractivity contribution in [2.45, 2.75) is 19.8 Å². The molecule has 0 aliphatic carbocycles. The molecule has 4 N–H and O–H groups in total. The van der Waals surface area contributed by atoms with E-state index in [1.54, 1.807) is 12.1 Å². The fourth-order valence-corrected chi connectivity index (χ4v) is 1.67. The van der Waals surface area contributed by atoms with Crippen molar-refractivity contribution >= 4 is 17.7 Å². The smallest absolute Gasteiger partial charge is 0.321 e. The van der Waals surface area contributed by atoms with Gasteiger partial charge in [-0.1, -0.05) is 17.7 Å². The number of nitrogens with two attached hydrogens (primary N) is 1. The lowest BCUT2D eigenvalue weighted by Gasteiger charge is -2.22. The van der Waals surface area contributed by atoms with Gasteiger partial charge in [-0.15, -0.1) is 0 Å². The maximum absolute atomic E-state index is 12.1. The Bertz CT molecular complexity index is 445. The molecule has 1 aromatic carbocycles. The SMILES string of the molecule is Cc1ccc(N(CCC(=O)O)C(=O)NCCCN)cc1. The number of urea groups is 1. The van der Waals surface area contributed by atoms with Crippen LogP contribution in [0.3, 0.4) is 0 Å². The second kappa shape index (κ2) is 8.16. The number of carboxylic acids is 1. The monoisotopic (exact) mass is 279 g/mol. The molecule has 0 fully saturated rings. The van der Waals surface area contributed by atoms with Gasteiger partial charge >= 0.3 is 12.0 Å². The normalized spacial score (nSPS) is 10.1. The molecule has 1 rings (SSSR count). The first-order valence-corrected chi connectivity index (χ1v) is 6.58. The summed E-state index contributed by atoms with van der Waals surface area (Å²) in [5.74, 6) is -0.933. The van der Waals surface area contributed by atoms with Crippen molar-refractivity contribution in [1.29, 1.82) is 0 Å². The Kier molecular flexibility index (Phi) is 6.52. The standard InChI is InChI=1S/C14H21N3O3/c1-11-3-5-12(6-4-11)17(10-7-13(18)19)14(20)16-9-2-8-15/h3-6H,2,7-10,15H2,1H3,(H,16,20)(H,18,19). The molecule has 110 valence electrons. The van der Waals surface area contributed by atoms with E-state index < -0.39 is 5.97 Å². The highest BCUT2D eigenvalue weighted by Gasteiger charge is 2.16. The quantitative estimate of drug-likeness (QED) is 0.656. The number of aryl methyl sites for hydroxylation is 1. The fraction of sp³-hybridized carbons (Fsp3) is 0.429. The second-order valence-electron chi connectivity index (χ2n) is 4.51. The molecule has 0 radical (unpaired) electrons. The number of carbonyl (C=O) groups is 2. The Morgan fingerprint density at radius 3 is 2.50 bits per heavy atom. The van der Waals surface area contributed by atoms with Crippen molar-refractivity contribution in [3.05, 3.63) is 29.8 Å². The number of benzene rings is 1. The third-order valence-electron chi connectivity index (χ3n) is 2.80. The van der Waals surface area contributed by atoms with Crippen LogP contribution < -0.4 is 16.0 Å². The van der Waals surface area contributed by atoms with Crippen LogP contribution in [0.2, 0.25) is 0 Å². The van der Waals surface area contributed by atoms with Gasteiger partial charge in [-0.3, -0.25) is 9.69 Å². The number of aliphatic carboxylic acids is 1. The predicted molar refractivity (Wildman–Crippen MR) is 77.8 cm³/mol. The molecule has 6 heteroatoms. The van der Waals surface area contributed by atoms with Crippen LogP contribution in [0.15, 0.2) is 24.3 Å². The van der Waals surface area contributed by atoms with Gasteiger partial charge in [0.1, 0.15) is 0 Å². The molecule has 0 saturated heterocycles. The van der Waals surface area contributed by atoms with Gasteiger partial charge in [0.25, 0.3) is 0 Å². The molecule has 0 bridgehead atoms. The van der Waals surface area contributed by atoms with Crippen molar-refractivity contribution in [1.82, 2.24) is 5.32 Å². The molecule has 1 aromatic rings. The van der Waals surface area contributed by atoms with Crippen molar-refractivity contribution in [2.24, 2.45) is 5.73 Å². The van der Waals surface area contributed by atoms with Crippen LogP contribution in [0.25, 0.3) is 0 Å². The summed E-state index contributed by atoms with van der Waals surface area (Å²) in [5.41, 5.74) is 7.14. The molecule has 0 aliphatic rings. The Hall–Kier alpha value is -2.08. The van der Waals surface area contributed by atoms with Gasteiger partial charge < -0.3 is 16.2 Å². The zero-order valence-corrected chi connectivity index (χ0v) is 11.6. The van der Waals surface area contributed by atoms with Crippen LogP contribution in [0.4, 0.5) is 10.5 Å². The molecule has 0 unspecified atom stereocenters. The summed E-state index contributed by atoms with van der Waals surface area (Å²) >= 11 is 0. The average molecular weight is 279 g/mol. The minimum atomic E-state index is -0.933. The summed E-state index contributed by atoms with van der Waals surface area (Å²) < 4.78 is 0. The van der Waals surface area contributed by atoms with Gasteiger partial charge in [0.2, 0.25) is 0 Å². The molecule has 20 heavy (non-hydrogen) atoms. The molecule has 0 aliphatic heterocycles. The average Bonchev–Trinajstić information content (AvgIpc) is 2.41. The summed E-state index contributed by atoms with van der Waals surface area (Å²) in [7, 11) is 0. The number of amides is 2. The molecule has 0 spiro atoms. The van der Waals surface area contributed by atoms with E-state index in [4.69, 9.17) is 10.8 Å². The van der Waals surface area contributed by atoms with Crippen LogP contribution in [0, 0.1) is 6.92 Å². The maximum Gasteiger partial charge on any atom is 0.321 e. The van der Waals surface area contributed by atoms with Crippen molar-refractivity contribution in [3.8, 4) is 0 Å². The summed E-state index contributed by atoms with van der Waals surface area (Å²) in [6, 6.07) is 7.08. The molecule has 0 heterocycles. The Labute approximate surface area is 118 Å². The number of hydrogen-bond acceptors (Lipinski definition) is 3. The number of nitrogens with zero attached hydrogens (tertiary/aromatic N) is 1. The summed E-state index contributed by atoms with van der Waals surface area (Å²) in [6.45, 7) is 3.06. The van der Waals surface area contributed by atoms with Gasteiger partial charge in [-0.2, -0.15) is 0 Å². The third-order valence-corrected chi connectivity index (χ3v) is 2.80. The number of hydrogen-bond donors (Lipinski definition) is 3. The van der Waals surface area contributed by atoms with Crippen molar-refractivity contribution < 1.29 is 14.7 Å². The van der Waals surface area contributed by atoms with Crippen molar-refractivity contribution in [2.75, 3.05) is 24.5 Å². The molecule has 6 nitrogen and oxygen atoms in total. The van der Waals surface area contributed by atoms with Crippen LogP contribution in [0.5, 0.6) is 0 Å². The van der Waals surface area contributed by atoms with Crippen LogP contribution >= 0.6 is 0 Å². The third kappa shape index (κ3) is 5.27. The van der Waals surface area contributed by atoms with Gasteiger partial charge in [0.15, 0.2) is 0 Å². The predicted octanol–water partition coefficient (Wildman–Crippen LogP) is 1.33. The second-order valence-corrected chi connectivity index (χ2v) is 4.51. The first-order chi connectivity index (χ1) is 9.54. The van der Waals surface area contributed by atoms with Gasteiger partial charge in [0.05, 0.1) is 6.42 Å². The first-order valence-electron chi connectivity index (χ1n) is 6.58. The van der Waals surface area contributed by atoms with E-state index in [2.05, 4.69) is 5.32 Å². The summed E-state index contributed by atoms with van der Waals surface area (Å²) in [6.07, 6.45) is 0.588. The first kappa shape index (κ1) is 16.0. The number of carbonyl (C=O) groups excluding carboxylic acids is 1. The Morgan fingerprint density at radius 2 is 1.95 bits per heavy atom. The number of anilines is 1. The lowest BCUT2D eigenvalue weighted by atomic mass is 10.2. The van der Waals surface area contributed by atoms with E-state index in [1.165, 1.54) is 4.90 Å². The van der Waals surface area contributed by atoms with E-state index in [0.29, 0.717) is 25.2 Å². The minimum absolute atomic E-state index is 0.0990. The molecule has 0 atom stereocenters. The maximum atomic E-state index is 12.1. The lowest BCUT2D eigenvalue weighted by Crippen LogP contribution is -2.42. The summed E-state index contributed by atoms with van der Waals surface area (Å²) in [4.78, 5) is 24.2. The van der Waals surface area contributed by atoms with Gasteiger partial charge in [-0.05, 0) is 32.0 Å². The number of carboxylic acid groups (broad SMARTS) is 1. The molecule has 2 amide bonds. The van der Waals surface area contributed by atoms with E-state index in [0.717, 1.165) is 5.56 Å². The summed E-state index contributed by atoms with van der Waals surface area (Å²) in [5, 5.41) is 11.5. The van der Waals surface area contributed by atoms with Crippen LogP contribution in [-0.2, 0) is 4.79 Å². The molecular formula is C14H21N3O3. The van der Waals surface area contributed by atoms with Gasteiger partial charge in [0, 0.05) is 18.8 Å². The largest absolute Gasteiger partial charge is 0.481 e. The highest BCUT2D eigenvalue weighted by molar-refractivity contribution is 5.92. The van der Waals surface area contributed by atoms with E-state index in [9.17, 15) is 9.59 Å². The van der Waals surface area contributed by atoms with Crippen LogP contribution in [0.1, 0.15) is 18.4 Å². The van der Waals surface area contributed by atoms with Crippen molar-refractivity contribution in [3.63, 3.8) is 0 Å². The molecule has 0 aromatic heterocycles. The minimum Gasteiger partial charge on any atom is -0.481 e. The zero-order chi connectivity index (χ0) is 15.0. The van der Waals surface area contributed by atoms with E-state index in [1.807, 2.05) is 19.1 Å². The molecular weight excluding hydrogens is 258 g/mol. The number of rotatable bonds is 7. The highest BCUT2D eigenvalue weighted by atomic mass is 16.4. The van der Waals surface area contributed by atoms with Crippen LogP contribution in [-0.4, -0.2) is 36.7 Å². The lowest BCUT2D eigenvalue weighted by molar-refractivity contribution is -0.136. The van der Waals surface area contributed by atoms with Gasteiger partial charge in [-0.25, -0.2) is 4.79 Å². The highest BCUT2D eigenvalue weighted by Crippen LogP contribution is 2.15. The molecule has 0 saturated carbocycles. The van der Waals surface area contributed by atoms with E-state index >= 15 is 0 Å². The van der Waals surface area contributed by atoms with E-state index in [-0.39, 0.29) is 19.0 Å². The Morgan fingerprint density at radius 1 is 1.30 bits per heavy atom. The number of nitrogens with one attached hydrogen (secondary N) is 1.